The zero-order chi connectivity index (χ0) is 21.5. The third-order valence-electron chi connectivity index (χ3n) is 5.60. The summed E-state index contributed by atoms with van der Waals surface area (Å²) in [5.74, 6) is 0.262. The molecule has 2 aromatic rings. The van der Waals surface area contributed by atoms with Crippen LogP contribution in [0.2, 0.25) is 0 Å². The molecule has 0 saturated heterocycles. The first kappa shape index (κ1) is 21.8. The Bertz CT molecular complexity index is 852. The first-order valence-electron chi connectivity index (χ1n) is 10.6. The standard InChI is InChI=1S/C24H31N3O3/c1-4-26(5-2)20(15-19-11-7-6-8-12-19)16-25-24(29)23-17-27(18(3)28)21-13-9-10-14-22(21)30-23/h6-14,20,23H,4-5,15-17H2,1-3H3,(H,25,29). The van der Waals surface area contributed by atoms with E-state index < -0.39 is 6.10 Å². The van der Waals surface area contributed by atoms with Crippen LogP contribution in [0.1, 0.15) is 26.3 Å². The lowest BCUT2D eigenvalue weighted by Gasteiger charge is -2.34. The van der Waals surface area contributed by atoms with Crippen molar-refractivity contribution in [1.29, 1.82) is 0 Å². The molecular weight excluding hydrogens is 378 g/mol. The Morgan fingerprint density at radius 2 is 1.77 bits per heavy atom. The van der Waals surface area contributed by atoms with Gasteiger partial charge in [-0.25, -0.2) is 0 Å². The monoisotopic (exact) mass is 409 g/mol. The molecule has 30 heavy (non-hydrogen) atoms. The first-order chi connectivity index (χ1) is 14.5. The van der Waals surface area contributed by atoms with E-state index in [-0.39, 0.29) is 24.4 Å². The third-order valence-corrected chi connectivity index (χ3v) is 5.60. The van der Waals surface area contributed by atoms with Gasteiger partial charge < -0.3 is 15.0 Å². The molecule has 0 radical (unpaired) electrons. The number of para-hydroxylation sites is 2. The van der Waals surface area contributed by atoms with Crippen LogP contribution in [-0.2, 0) is 16.0 Å². The van der Waals surface area contributed by atoms with E-state index in [9.17, 15) is 9.59 Å². The molecule has 2 atom stereocenters. The maximum Gasteiger partial charge on any atom is 0.263 e. The van der Waals surface area contributed by atoms with Crippen molar-refractivity contribution in [3.8, 4) is 5.75 Å². The second kappa shape index (κ2) is 10.3. The molecule has 0 saturated carbocycles. The Morgan fingerprint density at radius 1 is 1.10 bits per heavy atom. The van der Waals surface area contributed by atoms with Crippen molar-refractivity contribution in [3.63, 3.8) is 0 Å². The molecule has 2 unspecified atom stereocenters. The Labute approximate surface area is 178 Å². The first-order valence-corrected chi connectivity index (χ1v) is 10.6. The fourth-order valence-corrected chi connectivity index (χ4v) is 3.96. The largest absolute Gasteiger partial charge is 0.477 e. The molecule has 0 spiro atoms. The van der Waals surface area contributed by atoms with Gasteiger partial charge in [0.25, 0.3) is 5.91 Å². The Balaban J connectivity index is 1.68. The Hall–Kier alpha value is -2.86. The number of nitrogens with zero attached hydrogens (tertiary/aromatic N) is 2. The number of carbonyl (C=O) groups excluding carboxylic acids is 2. The van der Waals surface area contributed by atoms with E-state index in [2.05, 4.69) is 36.2 Å². The molecule has 6 heteroatoms. The maximum absolute atomic E-state index is 12.9. The number of ether oxygens (including phenoxy) is 1. The van der Waals surface area contributed by atoms with E-state index in [0.717, 1.165) is 19.5 Å². The number of benzene rings is 2. The summed E-state index contributed by atoms with van der Waals surface area (Å²) < 4.78 is 5.92. The summed E-state index contributed by atoms with van der Waals surface area (Å²) in [7, 11) is 0. The Kier molecular flexibility index (Phi) is 7.46. The molecule has 0 fully saturated rings. The number of fused-ring (bicyclic) bond motifs is 1. The van der Waals surface area contributed by atoms with Gasteiger partial charge in [0.05, 0.1) is 12.2 Å². The topological polar surface area (TPSA) is 61.9 Å². The minimum Gasteiger partial charge on any atom is -0.477 e. The predicted molar refractivity (Wildman–Crippen MR) is 119 cm³/mol. The lowest BCUT2D eigenvalue weighted by atomic mass is 10.0. The SMILES string of the molecule is CCN(CC)C(CNC(=O)C1CN(C(C)=O)c2ccccc2O1)Cc1ccccc1. The number of hydrogen-bond acceptors (Lipinski definition) is 4. The highest BCUT2D eigenvalue weighted by molar-refractivity contribution is 5.95. The van der Waals surface area contributed by atoms with Crippen LogP contribution >= 0.6 is 0 Å². The summed E-state index contributed by atoms with van der Waals surface area (Å²) in [6.45, 7) is 8.34. The highest BCUT2D eigenvalue weighted by Gasteiger charge is 2.32. The molecule has 1 N–H and O–H groups in total. The number of amides is 2. The second-order valence-electron chi connectivity index (χ2n) is 7.51. The fraction of sp³-hybridized carbons (Fsp3) is 0.417. The predicted octanol–water partition coefficient (Wildman–Crippen LogP) is 2.87. The van der Waals surface area contributed by atoms with Crippen LogP contribution in [-0.4, -0.2) is 55.0 Å². The lowest BCUT2D eigenvalue weighted by Crippen LogP contribution is -2.53. The zero-order valence-electron chi connectivity index (χ0n) is 18.0. The molecule has 1 aliphatic rings. The highest BCUT2D eigenvalue weighted by Crippen LogP contribution is 2.33. The van der Waals surface area contributed by atoms with Crippen LogP contribution < -0.4 is 15.0 Å². The van der Waals surface area contributed by atoms with E-state index in [1.165, 1.54) is 12.5 Å². The average Bonchev–Trinajstić information content (AvgIpc) is 2.77. The van der Waals surface area contributed by atoms with E-state index >= 15 is 0 Å². The van der Waals surface area contributed by atoms with E-state index in [0.29, 0.717) is 18.0 Å². The molecule has 0 aliphatic carbocycles. The van der Waals surface area contributed by atoms with Crippen molar-refractivity contribution >= 4 is 17.5 Å². The third kappa shape index (κ3) is 5.19. The van der Waals surface area contributed by atoms with Crippen molar-refractivity contribution < 1.29 is 14.3 Å². The van der Waals surface area contributed by atoms with Crippen LogP contribution in [0, 0.1) is 0 Å². The van der Waals surface area contributed by atoms with Crippen molar-refractivity contribution in [3.05, 3.63) is 60.2 Å². The van der Waals surface area contributed by atoms with Gasteiger partial charge in [-0.1, -0.05) is 56.3 Å². The molecule has 3 rings (SSSR count). The van der Waals surface area contributed by atoms with Gasteiger partial charge in [-0.2, -0.15) is 0 Å². The van der Waals surface area contributed by atoms with E-state index in [4.69, 9.17) is 4.74 Å². The van der Waals surface area contributed by atoms with Gasteiger partial charge in [0, 0.05) is 19.5 Å². The molecule has 160 valence electrons. The molecular formula is C24H31N3O3. The number of hydrogen-bond donors (Lipinski definition) is 1. The van der Waals surface area contributed by atoms with E-state index in [1.54, 1.807) is 11.0 Å². The van der Waals surface area contributed by atoms with Gasteiger partial charge in [-0.15, -0.1) is 0 Å². The van der Waals surface area contributed by atoms with Crippen LogP contribution in [0.15, 0.2) is 54.6 Å². The minimum absolute atomic E-state index is 0.103. The Morgan fingerprint density at radius 3 is 2.43 bits per heavy atom. The summed E-state index contributed by atoms with van der Waals surface area (Å²) in [5, 5.41) is 3.07. The maximum atomic E-state index is 12.9. The van der Waals surface area contributed by atoms with Crippen molar-refractivity contribution in [1.82, 2.24) is 10.2 Å². The smallest absolute Gasteiger partial charge is 0.263 e. The number of rotatable bonds is 8. The van der Waals surface area contributed by atoms with Crippen molar-refractivity contribution in [2.45, 2.75) is 39.3 Å². The number of nitrogens with one attached hydrogen (secondary N) is 1. The quantitative estimate of drug-likeness (QED) is 0.728. The molecule has 0 aromatic heterocycles. The molecule has 1 heterocycles. The van der Waals surface area contributed by atoms with Crippen molar-refractivity contribution in [2.75, 3.05) is 31.1 Å². The molecule has 0 bridgehead atoms. The molecule has 1 aliphatic heterocycles. The lowest BCUT2D eigenvalue weighted by molar-refractivity contribution is -0.128. The van der Waals surface area contributed by atoms with Gasteiger partial charge in [-0.3, -0.25) is 14.5 Å². The molecule has 2 amide bonds. The normalized spacial score (nSPS) is 16.5. The summed E-state index contributed by atoms with van der Waals surface area (Å²) in [4.78, 5) is 29.0. The fourth-order valence-electron chi connectivity index (χ4n) is 3.96. The summed E-state index contributed by atoms with van der Waals surface area (Å²) in [5.41, 5.74) is 1.95. The number of anilines is 1. The average molecular weight is 410 g/mol. The van der Waals surface area contributed by atoms with E-state index in [1.807, 2.05) is 36.4 Å². The highest BCUT2D eigenvalue weighted by atomic mass is 16.5. The van der Waals surface area contributed by atoms with Gasteiger partial charge >= 0.3 is 0 Å². The zero-order valence-corrected chi connectivity index (χ0v) is 18.0. The summed E-state index contributed by atoms with van der Waals surface area (Å²) in [6.07, 6.45) is 0.134. The number of likely N-dealkylation sites (N-methyl/N-ethyl adjacent to an activating group) is 1. The van der Waals surface area contributed by atoms with Gasteiger partial charge in [-0.05, 0) is 37.2 Å². The molecule has 2 aromatic carbocycles. The van der Waals surface area contributed by atoms with Crippen LogP contribution in [0.5, 0.6) is 5.75 Å². The van der Waals surface area contributed by atoms with Crippen LogP contribution in [0.25, 0.3) is 0 Å². The van der Waals surface area contributed by atoms with Gasteiger partial charge in [0.1, 0.15) is 5.75 Å². The summed E-state index contributed by atoms with van der Waals surface area (Å²) in [6, 6.07) is 17.8. The number of carbonyl (C=O) groups is 2. The van der Waals surface area contributed by atoms with Crippen LogP contribution in [0.4, 0.5) is 5.69 Å². The second-order valence-corrected chi connectivity index (χ2v) is 7.51. The van der Waals surface area contributed by atoms with Crippen molar-refractivity contribution in [2.24, 2.45) is 0 Å². The summed E-state index contributed by atoms with van der Waals surface area (Å²) >= 11 is 0. The minimum atomic E-state index is -0.724. The molecule has 6 nitrogen and oxygen atoms in total. The van der Waals surface area contributed by atoms with Crippen LogP contribution in [0.3, 0.4) is 0 Å². The van der Waals surface area contributed by atoms with Gasteiger partial charge in [0.15, 0.2) is 6.10 Å². The van der Waals surface area contributed by atoms with Gasteiger partial charge in [0.2, 0.25) is 5.91 Å².